The van der Waals surface area contributed by atoms with Crippen LogP contribution >= 0.6 is 0 Å². The quantitative estimate of drug-likeness (QED) is 0.391. The maximum Gasteiger partial charge on any atom is 0.0540 e. The van der Waals surface area contributed by atoms with E-state index in [-0.39, 0.29) is 25.4 Å². The molecule has 4 nitrogen and oxygen atoms in total. The van der Waals surface area contributed by atoms with Crippen LogP contribution < -0.4 is 0 Å². The molecule has 0 aliphatic rings. The summed E-state index contributed by atoms with van der Waals surface area (Å²) >= 11 is 0. The predicted octanol–water partition coefficient (Wildman–Crippen LogP) is 1.20. The van der Waals surface area contributed by atoms with Crippen molar-refractivity contribution < 1.29 is 20.4 Å². The van der Waals surface area contributed by atoms with Gasteiger partial charge < -0.3 is 20.4 Å². The Kier molecular flexibility index (Phi) is 12.2. The molecule has 0 aliphatic carbocycles. The molecular weight excluding hydrogens is 220 g/mol. The largest absolute Gasteiger partial charge is 0.396 e. The van der Waals surface area contributed by atoms with Gasteiger partial charge in [-0.3, -0.25) is 0 Å². The number of hydrogen-bond donors (Lipinski definition) is 4. The van der Waals surface area contributed by atoms with Gasteiger partial charge in [0.1, 0.15) is 0 Å². The smallest absolute Gasteiger partial charge is 0.0540 e. The highest BCUT2D eigenvalue weighted by Gasteiger charge is 2.07. The molecule has 0 fully saturated rings. The Labute approximate surface area is 104 Å². The van der Waals surface area contributed by atoms with Gasteiger partial charge in [0, 0.05) is 13.2 Å². The average molecular weight is 248 g/mol. The summed E-state index contributed by atoms with van der Waals surface area (Å²) in [6, 6.07) is 0. The predicted molar refractivity (Wildman–Crippen MR) is 67.7 cm³/mol. The summed E-state index contributed by atoms with van der Waals surface area (Å²) in [5.41, 5.74) is 0. The molecular formula is C13H28O4. The first-order valence-corrected chi connectivity index (χ1v) is 6.78. The number of aliphatic hydroxyl groups excluding tert-OH is 4. The topological polar surface area (TPSA) is 80.9 Å². The van der Waals surface area contributed by atoms with Crippen LogP contribution in [0.25, 0.3) is 0 Å². The molecule has 17 heavy (non-hydrogen) atoms. The molecule has 0 amide bonds. The van der Waals surface area contributed by atoms with Crippen molar-refractivity contribution in [3.05, 3.63) is 0 Å². The molecule has 0 aromatic carbocycles. The molecule has 0 spiro atoms. The first kappa shape index (κ1) is 16.8. The standard InChI is InChI=1S/C13H28O4/c14-10-3-1-6-12(16)8-5-9-13(17)7-2-4-11-15/h12-17H,1-11H2. The minimum absolute atomic E-state index is 0.191. The molecule has 4 N–H and O–H groups in total. The lowest BCUT2D eigenvalue weighted by Gasteiger charge is -2.12. The van der Waals surface area contributed by atoms with Gasteiger partial charge in [0.15, 0.2) is 0 Å². The van der Waals surface area contributed by atoms with Crippen LogP contribution in [0.15, 0.2) is 0 Å². The Morgan fingerprint density at radius 1 is 0.529 bits per heavy atom. The summed E-state index contributed by atoms with van der Waals surface area (Å²) in [6.45, 7) is 0.382. The van der Waals surface area contributed by atoms with E-state index in [0.717, 1.165) is 57.8 Å². The van der Waals surface area contributed by atoms with Crippen LogP contribution in [0.2, 0.25) is 0 Å². The van der Waals surface area contributed by atoms with Crippen molar-refractivity contribution in [1.29, 1.82) is 0 Å². The van der Waals surface area contributed by atoms with Crippen LogP contribution in [0.1, 0.15) is 57.8 Å². The van der Waals surface area contributed by atoms with E-state index >= 15 is 0 Å². The van der Waals surface area contributed by atoms with Gasteiger partial charge in [-0.15, -0.1) is 0 Å². The molecule has 0 saturated heterocycles. The van der Waals surface area contributed by atoms with Gasteiger partial charge >= 0.3 is 0 Å². The zero-order chi connectivity index (χ0) is 12.9. The fourth-order valence-electron chi connectivity index (χ4n) is 1.86. The van der Waals surface area contributed by atoms with Gasteiger partial charge in [-0.25, -0.2) is 0 Å². The fourth-order valence-corrected chi connectivity index (χ4v) is 1.86. The second kappa shape index (κ2) is 12.3. The van der Waals surface area contributed by atoms with Gasteiger partial charge in [0.25, 0.3) is 0 Å². The highest BCUT2D eigenvalue weighted by molar-refractivity contribution is 4.61. The number of aliphatic hydroxyl groups is 4. The SMILES string of the molecule is OCCCCC(O)CCCC(O)CCCCO. The van der Waals surface area contributed by atoms with E-state index in [0.29, 0.717) is 0 Å². The second-order valence-electron chi connectivity index (χ2n) is 4.68. The van der Waals surface area contributed by atoms with Crippen molar-refractivity contribution in [2.45, 2.75) is 70.0 Å². The minimum Gasteiger partial charge on any atom is -0.396 e. The van der Waals surface area contributed by atoms with Crippen LogP contribution in [0, 0.1) is 0 Å². The molecule has 0 aliphatic heterocycles. The maximum atomic E-state index is 9.61. The molecule has 2 unspecified atom stereocenters. The maximum absolute atomic E-state index is 9.61. The molecule has 0 radical (unpaired) electrons. The van der Waals surface area contributed by atoms with Crippen molar-refractivity contribution >= 4 is 0 Å². The molecule has 0 rings (SSSR count). The minimum atomic E-state index is -0.300. The summed E-state index contributed by atoms with van der Waals surface area (Å²) in [5.74, 6) is 0. The first-order valence-electron chi connectivity index (χ1n) is 6.78. The molecule has 0 aromatic rings. The van der Waals surface area contributed by atoms with Crippen molar-refractivity contribution in [1.82, 2.24) is 0 Å². The van der Waals surface area contributed by atoms with Gasteiger partial charge in [-0.05, 0) is 57.8 Å². The third-order valence-corrected chi connectivity index (χ3v) is 2.97. The van der Waals surface area contributed by atoms with Gasteiger partial charge in [0.05, 0.1) is 12.2 Å². The number of rotatable bonds is 12. The normalized spacial score (nSPS) is 14.8. The van der Waals surface area contributed by atoms with E-state index in [2.05, 4.69) is 0 Å². The van der Waals surface area contributed by atoms with E-state index < -0.39 is 0 Å². The lowest BCUT2D eigenvalue weighted by atomic mass is 10.0. The fraction of sp³-hybridized carbons (Fsp3) is 1.00. The summed E-state index contributed by atoms with van der Waals surface area (Å²) in [6.07, 6.45) is 6.38. The molecule has 104 valence electrons. The van der Waals surface area contributed by atoms with Crippen molar-refractivity contribution in [2.75, 3.05) is 13.2 Å². The van der Waals surface area contributed by atoms with Crippen LogP contribution in [0.3, 0.4) is 0 Å². The Balaban J connectivity index is 3.29. The lowest BCUT2D eigenvalue weighted by molar-refractivity contribution is 0.119. The summed E-state index contributed by atoms with van der Waals surface area (Å²) in [4.78, 5) is 0. The highest BCUT2D eigenvalue weighted by atomic mass is 16.3. The van der Waals surface area contributed by atoms with E-state index in [9.17, 15) is 10.2 Å². The average Bonchev–Trinajstić information content (AvgIpc) is 2.30. The van der Waals surface area contributed by atoms with E-state index in [1.165, 1.54) is 0 Å². The summed E-state index contributed by atoms with van der Waals surface area (Å²) in [5, 5.41) is 36.4. The summed E-state index contributed by atoms with van der Waals surface area (Å²) in [7, 11) is 0. The Morgan fingerprint density at radius 3 is 1.24 bits per heavy atom. The summed E-state index contributed by atoms with van der Waals surface area (Å²) < 4.78 is 0. The van der Waals surface area contributed by atoms with E-state index in [1.54, 1.807) is 0 Å². The first-order chi connectivity index (χ1) is 8.20. The van der Waals surface area contributed by atoms with E-state index in [4.69, 9.17) is 10.2 Å². The zero-order valence-electron chi connectivity index (χ0n) is 10.7. The van der Waals surface area contributed by atoms with Crippen LogP contribution in [-0.4, -0.2) is 45.8 Å². The molecule has 0 heterocycles. The molecule has 0 bridgehead atoms. The monoisotopic (exact) mass is 248 g/mol. The number of unbranched alkanes of at least 4 members (excludes halogenated alkanes) is 2. The van der Waals surface area contributed by atoms with Crippen LogP contribution in [0.5, 0.6) is 0 Å². The van der Waals surface area contributed by atoms with E-state index in [1.807, 2.05) is 0 Å². The van der Waals surface area contributed by atoms with Gasteiger partial charge in [-0.1, -0.05) is 0 Å². The Morgan fingerprint density at radius 2 is 0.882 bits per heavy atom. The molecule has 4 heteroatoms. The van der Waals surface area contributed by atoms with Crippen molar-refractivity contribution in [2.24, 2.45) is 0 Å². The molecule has 0 saturated carbocycles. The lowest BCUT2D eigenvalue weighted by Crippen LogP contribution is -2.11. The third-order valence-electron chi connectivity index (χ3n) is 2.97. The molecule has 0 aromatic heterocycles. The van der Waals surface area contributed by atoms with Crippen LogP contribution in [0.4, 0.5) is 0 Å². The highest BCUT2D eigenvalue weighted by Crippen LogP contribution is 2.12. The third kappa shape index (κ3) is 12.1. The van der Waals surface area contributed by atoms with Gasteiger partial charge in [0.2, 0.25) is 0 Å². The van der Waals surface area contributed by atoms with Gasteiger partial charge in [-0.2, -0.15) is 0 Å². The van der Waals surface area contributed by atoms with Crippen molar-refractivity contribution in [3.8, 4) is 0 Å². The van der Waals surface area contributed by atoms with Crippen LogP contribution in [-0.2, 0) is 0 Å². The second-order valence-corrected chi connectivity index (χ2v) is 4.68. The Bertz CT molecular complexity index is 136. The van der Waals surface area contributed by atoms with Crippen molar-refractivity contribution in [3.63, 3.8) is 0 Å². The Hall–Kier alpha value is -0.160. The number of hydrogen-bond acceptors (Lipinski definition) is 4. The zero-order valence-corrected chi connectivity index (χ0v) is 10.7. The molecule has 2 atom stereocenters.